The second-order valence-corrected chi connectivity index (χ2v) is 9.62. The highest BCUT2D eigenvalue weighted by Crippen LogP contribution is 2.31. The van der Waals surface area contributed by atoms with Crippen molar-refractivity contribution in [2.45, 2.75) is 6.92 Å². The van der Waals surface area contributed by atoms with Gasteiger partial charge >= 0.3 is 0 Å². The number of hydrogen-bond donors (Lipinski definition) is 1. The molecule has 4 heterocycles. The molecule has 9 nitrogen and oxygen atoms in total. The van der Waals surface area contributed by atoms with E-state index in [1.165, 1.54) is 12.4 Å². The summed E-state index contributed by atoms with van der Waals surface area (Å²) < 4.78 is 7.95. The van der Waals surface area contributed by atoms with Gasteiger partial charge in [-0.05, 0) is 67.1 Å². The molecule has 1 saturated heterocycles. The van der Waals surface area contributed by atoms with Gasteiger partial charge in [-0.2, -0.15) is 5.10 Å². The number of rotatable bonds is 7. The standard InChI is InChI=1S/C30H27N7O2/c1-4-28(38)37-15-20(16-37)5-7-22-8-11-25-29(33-22)30(32-18-31-25)34-23-9-12-27(19(2)13-23)39-24-10-6-21-17-36(3)35-26(21)14-24/h4-14,17-18,20H,1,15-16H2,2-3H3,(H,31,32,34). The molecule has 9 heteroatoms. The summed E-state index contributed by atoms with van der Waals surface area (Å²) in [5, 5.41) is 8.91. The van der Waals surface area contributed by atoms with Crippen LogP contribution in [0.5, 0.6) is 11.5 Å². The Balaban J connectivity index is 1.18. The third-order valence-electron chi connectivity index (χ3n) is 6.70. The number of likely N-dealkylation sites (tertiary alicyclic amines) is 1. The molecule has 1 aliphatic heterocycles. The Kier molecular flexibility index (Phi) is 6.24. The summed E-state index contributed by atoms with van der Waals surface area (Å²) in [5.74, 6) is 2.40. The summed E-state index contributed by atoms with van der Waals surface area (Å²) >= 11 is 0. The van der Waals surface area contributed by atoms with Crippen LogP contribution in [0, 0.1) is 12.8 Å². The van der Waals surface area contributed by atoms with Gasteiger partial charge in [0.1, 0.15) is 23.3 Å². The molecule has 1 amide bonds. The van der Waals surface area contributed by atoms with Gasteiger partial charge in [0.15, 0.2) is 5.82 Å². The lowest BCUT2D eigenvalue weighted by Gasteiger charge is -2.36. The number of fused-ring (bicyclic) bond motifs is 2. The van der Waals surface area contributed by atoms with Crippen molar-refractivity contribution in [2.24, 2.45) is 13.0 Å². The average molecular weight is 518 g/mol. The molecule has 0 unspecified atom stereocenters. The van der Waals surface area contributed by atoms with Gasteiger partial charge in [-0.1, -0.05) is 12.7 Å². The highest BCUT2D eigenvalue weighted by atomic mass is 16.5. The second-order valence-electron chi connectivity index (χ2n) is 9.62. The summed E-state index contributed by atoms with van der Waals surface area (Å²) in [6.07, 6.45) is 8.93. The van der Waals surface area contributed by atoms with Crippen molar-refractivity contribution >= 4 is 45.4 Å². The van der Waals surface area contributed by atoms with Crippen LogP contribution in [-0.2, 0) is 11.8 Å². The molecule has 1 N–H and O–H groups in total. The summed E-state index contributed by atoms with van der Waals surface area (Å²) in [4.78, 5) is 27.0. The maximum atomic E-state index is 11.7. The van der Waals surface area contributed by atoms with Crippen molar-refractivity contribution < 1.29 is 9.53 Å². The van der Waals surface area contributed by atoms with E-state index >= 15 is 0 Å². The number of hydrogen-bond acceptors (Lipinski definition) is 7. The maximum absolute atomic E-state index is 11.7. The Morgan fingerprint density at radius 3 is 2.79 bits per heavy atom. The van der Waals surface area contributed by atoms with Crippen LogP contribution in [0.4, 0.5) is 11.5 Å². The first-order valence-electron chi connectivity index (χ1n) is 12.7. The Morgan fingerprint density at radius 1 is 1.10 bits per heavy atom. The van der Waals surface area contributed by atoms with E-state index in [-0.39, 0.29) is 5.91 Å². The summed E-state index contributed by atoms with van der Waals surface area (Å²) in [6.45, 7) is 6.93. The number of carbonyl (C=O) groups excluding carboxylic acids is 1. The van der Waals surface area contributed by atoms with Crippen molar-refractivity contribution in [2.75, 3.05) is 18.4 Å². The zero-order valence-electron chi connectivity index (χ0n) is 21.7. The van der Waals surface area contributed by atoms with E-state index in [4.69, 9.17) is 9.72 Å². The zero-order valence-corrected chi connectivity index (χ0v) is 21.7. The Hall–Kier alpha value is -5.05. The minimum absolute atomic E-state index is 0.0304. The van der Waals surface area contributed by atoms with E-state index in [0.717, 1.165) is 44.9 Å². The number of aromatic nitrogens is 5. The van der Waals surface area contributed by atoms with Crippen LogP contribution in [0.3, 0.4) is 0 Å². The highest BCUT2D eigenvalue weighted by Gasteiger charge is 2.26. The van der Waals surface area contributed by atoms with Gasteiger partial charge in [0.05, 0.1) is 16.7 Å². The van der Waals surface area contributed by atoms with E-state index in [1.807, 2.05) is 74.8 Å². The number of aryl methyl sites for hydroxylation is 2. The van der Waals surface area contributed by atoms with Crippen LogP contribution >= 0.6 is 0 Å². The monoisotopic (exact) mass is 517 g/mol. The lowest BCUT2D eigenvalue weighted by molar-refractivity contribution is -0.130. The zero-order chi connectivity index (χ0) is 26.9. The quantitative estimate of drug-likeness (QED) is 0.288. The molecule has 1 fully saturated rings. The molecule has 194 valence electrons. The lowest BCUT2D eigenvalue weighted by atomic mass is 9.99. The van der Waals surface area contributed by atoms with E-state index < -0.39 is 0 Å². The number of anilines is 2. The topological polar surface area (TPSA) is 98.1 Å². The van der Waals surface area contributed by atoms with Gasteiger partial charge in [-0.3, -0.25) is 9.48 Å². The third kappa shape index (κ3) is 5.06. The first kappa shape index (κ1) is 24.3. The predicted molar refractivity (Wildman–Crippen MR) is 152 cm³/mol. The molecule has 5 aromatic rings. The van der Waals surface area contributed by atoms with Gasteiger partial charge in [0.25, 0.3) is 0 Å². The molecular weight excluding hydrogens is 490 g/mol. The SMILES string of the molecule is C=CC(=O)N1CC(C=Cc2ccc3ncnc(Nc4ccc(Oc5ccc6cn(C)nc6c5)c(C)c4)c3n2)C1. The number of amides is 1. The fourth-order valence-electron chi connectivity index (χ4n) is 4.61. The van der Waals surface area contributed by atoms with Gasteiger partial charge < -0.3 is 15.0 Å². The van der Waals surface area contributed by atoms with Crippen molar-refractivity contribution in [1.29, 1.82) is 0 Å². The van der Waals surface area contributed by atoms with Crippen LogP contribution < -0.4 is 10.1 Å². The average Bonchev–Trinajstić information content (AvgIpc) is 3.28. The number of ether oxygens (including phenoxy) is 1. The fourth-order valence-corrected chi connectivity index (χ4v) is 4.61. The van der Waals surface area contributed by atoms with Crippen molar-refractivity contribution in [3.05, 3.63) is 91.0 Å². The van der Waals surface area contributed by atoms with Gasteiger partial charge in [0, 0.05) is 49.4 Å². The van der Waals surface area contributed by atoms with Crippen molar-refractivity contribution in [3.8, 4) is 11.5 Å². The Morgan fingerprint density at radius 2 is 1.97 bits per heavy atom. The second kappa shape index (κ2) is 10.0. The van der Waals surface area contributed by atoms with E-state index in [2.05, 4.69) is 33.0 Å². The summed E-state index contributed by atoms with van der Waals surface area (Å²) in [7, 11) is 1.90. The van der Waals surface area contributed by atoms with Gasteiger partial charge in [-0.25, -0.2) is 15.0 Å². The van der Waals surface area contributed by atoms with Crippen molar-refractivity contribution in [3.63, 3.8) is 0 Å². The molecular formula is C30H27N7O2. The normalized spacial score (nSPS) is 13.6. The van der Waals surface area contributed by atoms with Crippen LogP contribution in [0.15, 0.2) is 79.8 Å². The maximum Gasteiger partial charge on any atom is 0.245 e. The Bertz CT molecular complexity index is 1750. The fraction of sp³-hybridized carbons (Fsp3) is 0.167. The summed E-state index contributed by atoms with van der Waals surface area (Å²) in [6, 6.07) is 15.7. The van der Waals surface area contributed by atoms with Gasteiger partial charge in [-0.15, -0.1) is 0 Å². The number of nitrogens with one attached hydrogen (secondary N) is 1. The summed E-state index contributed by atoms with van der Waals surface area (Å²) in [5.41, 5.74) is 4.96. The van der Waals surface area contributed by atoms with E-state index in [1.54, 1.807) is 9.58 Å². The smallest absolute Gasteiger partial charge is 0.245 e. The largest absolute Gasteiger partial charge is 0.457 e. The molecule has 2 aromatic carbocycles. The molecule has 0 atom stereocenters. The Labute approximate surface area is 225 Å². The lowest BCUT2D eigenvalue weighted by Crippen LogP contribution is -2.48. The number of carbonyl (C=O) groups is 1. The number of nitrogens with zero attached hydrogens (tertiary/aromatic N) is 6. The molecule has 0 aliphatic carbocycles. The van der Waals surface area contributed by atoms with Crippen LogP contribution in [0.1, 0.15) is 11.3 Å². The minimum atomic E-state index is -0.0304. The number of pyridine rings is 1. The number of benzene rings is 2. The first-order valence-corrected chi connectivity index (χ1v) is 12.7. The van der Waals surface area contributed by atoms with Crippen LogP contribution in [-0.4, -0.2) is 48.6 Å². The molecule has 39 heavy (non-hydrogen) atoms. The highest BCUT2D eigenvalue weighted by molar-refractivity contribution is 5.88. The minimum Gasteiger partial charge on any atom is -0.457 e. The molecule has 0 spiro atoms. The third-order valence-corrected chi connectivity index (χ3v) is 6.70. The molecule has 0 bridgehead atoms. The van der Waals surface area contributed by atoms with E-state index in [9.17, 15) is 4.79 Å². The van der Waals surface area contributed by atoms with Crippen molar-refractivity contribution in [1.82, 2.24) is 29.6 Å². The van der Waals surface area contributed by atoms with E-state index in [0.29, 0.717) is 30.3 Å². The van der Waals surface area contributed by atoms with Gasteiger partial charge in [0.2, 0.25) is 5.91 Å². The predicted octanol–water partition coefficient (Wildman–Crippen LogP) is 5.41. The van der Waals surface area contributed by atoms with Crippen LogP contribution in [0.25, 0.3) is 28.0 Å². The molecule has 0 saturated carbocycles. The molecule has 1 aliphatic rings. The molecule has 6 rings (SSSR count). The first-order chi connectivity index (χ1) is 18.9. The molecule has 3 aromatic heterocycles. The molecule has 0 radical (unpaired) electrons. The van der Waals surface area contributed by atoms with Crippen LogP contribution in [0.2, 0.25) is 0 Å².